The highest BCUT2D eigenvalue weighted by Gasteiger charge is 2.38. The number of anilines is 1. The normalized spacial score (nSPS) is 30.8. The second kappa shape index (κ2) is 4.53. The lowest BCUT2D eigenvalue weighted by Gasteiger charge is -2.23. The lowest BCUT2D eigenvalue weighted by Crippen LogP contribution is -2.20. The first kappa shape index (κ1) is 11.4. The second-order valence-electron chi connectivity index (χ2n) is 5.78. The number of fused-ring (bicyclic) bond motifs is 2. The molecule has 17 heavy (non-hydrogen) atoms. The Balaban J connectivity index is 1.60. The van der Waals surface area contributed by atoms with Crippen molar-refractivity contribution in [3.63, 3.8) is 0 Å². The van der Waals surface area contributed by atoms with Gasteiger partial charge in [-0.2, -0.15) is 0 Å². The predicted molar refractivity (Wildman–Crippen MR) is 73.6 cm³/mol. The minimum atomic E-state index is 0.827. The van der Waals surface area contributed by atoms with Gasteiger partial charge in [0.05, 0.1) is 0 Å². The standard InChI is InChI=1S/C15H20ClN/c1-10-6-14(16)4-5-15(10)17-9-13-8-11-2-3-12(13)7-11/h4-6,11-13,17H,2-3,7-9H2,1H3. The molecule has 0 amide bonds. The van der Waals surface area contributed by atoms with E-state index in [1.54, 1.807) is 0 Å². The fourth-order valence-corrected chi connectivity index (χ4v) is 3.92. The number of rotatable bonds is 3. The third kappa shape index (κ3) is 2.30. The molecule has 0 saturated heterocycles. The highest BCUT2D eigenvalue weighted by atomic mass is 35.5. The van der Waals surface area contributed by atoms with E-state index in [1.165, 1.54) is 36.9 Å². The molecule has 1 aromatic carbocycles. The molecular weight excluding hydrogens is 230 g/mol. The molecule has 2 aliphatic carbocycles. The van der Waals surface area contributed by atoms with Crippen molar-refractivity contribution in [2.24, 2.45) is 17.8 Å². The van der Waals surface area contributed by atoms with Crippen LogP contribution in [0, 0.1) is 24.7 Å². The first-order chi connectivity index (χ1) is 8.22. The summed E-state index contributed by atoms with van der Waals surface area (Å²) in [5.74, 6) is 2.95. The van der Waals surface area contributed by atoms with Gasteiger partial charge in [-0.1, -0.05) is 18.0 Å². The van der Waals surface area contributed by atoms with E-state index >= 15 is 0 Å². The summed E-state index contributed by atoms with van der Waals surface area (Å²) in [7, 11) is 0. The molecule has 0 aromatic heterocycles. The van der Waals surface area contributed by atoms with Crippen LogP contribution in [-0.4, -0.2) is 6.54 Å². The Bertz CT molecular complexity index is 415. The molecule has 92 valence electrons. The average Bonchev–Trinajstić information content (AvgIpc) is 2.89. The minimum absolute atomic E-state index is 0.827. The minimum Gasteiger partial charge on any atom is -0.385 e. The van der Waals surface area contributed by atoms with Crippen molar-refractivity contribution in [3.8, 4) is 0 Å². The molecule has 2 fully saturated rings. The molecule has 0 heterocycles. The molecular formula is C15H20ClN. The highest BCUT2D eigenvalue weighted by Crippen LogP contribution is 2.48. The van der Waals surface area contributed by atoms with Gasteiger partial charge in [0.2, 0.25) is 0 Å². The molecule has 3 atom stereocenters. The van der Waals surface area contributed by atoms with Gasteiger partial charge >= 0.3 is 0 Å². The number of benzene rings is 1. The van der Waals surface area contributed by atoms with Gasteiger partial charge in [-0.25, -0.2) is 0 Å². The topological polar surface area (TPSA) is 12.0 Å². The molecule has 1 nitrogen and oxygen atoms in total. The van der Waals surface area contributed by atoms with Crippen molar-refractivity contribution in [3.05, 3.63) is 28.8 Å². The van der Waals surface area contributed by atoms with Crippen molar-refractivity contribution < 1.29 is 0 Å². The summed E-state index contributed by atoms with van der Waals surface area (Å²) in [6, 6.07) is 6.10. The van der Waals surface area contributed by atoms with Crippen LogP contribution < -0.4 is 5.32 Å². The molecule has 2 aliphatic rings. The molecule has 0 aliphatic heterocycles. The van der Waals surface area contributed by atoms with Crippen LogP contribution in [0.25, 0.3) is 0 Å². The summed E-state index contributed by atoms with van der Waals surface area (Å²) in [4.78, 5) is 0. The second-order valence-corrected chi connectivity index (χ2v) is 6.21. The zero-order valence-electron chi connectivity index (χ0n) is 10.4. The van der Waals surface area contributed by atoms with Crippen molar-refractivity contribution in [2.45, 2.75) is 32.6 Å². The van der Waals surface area contributed by atoms with Crippen LogP contribution in [0.4, 0.5) is 5.69 Å². The molecule has 1 aromatic rings. The van der Waals surface area contributed by atoms with Gasteiger partial charge in [-0.15, -0.1) is 0 Å². The fourth-order valence-electron chi connectivity index (χ4n) is 3.69. The third-order valence-electron chi connectivity index (χ3n) is 4.63. The van der Waals surface area contributed by atoms with Crippen LogP contribution in [0.15, 0.2) is 18.2 Å². The third-order valence-corrected chi connectivity index (χ3v) is 4.86. The van der Waals surface area contributed by atoms with Gasteiger partial charge in [0.1, 0.15) is 0 Å². The lowest BCUT2D eigenvalue weighted by molar-refractivity contribution is 0.348. The van der Waals surface area contributed by atoms with Crippen LogP contribution in [-0.2, 0) is 0 Å². The van der Waals surface area contributed by atoms with E-state index in [1.807, 2.05) is 12.1 Å². The van der Waals surface area contributed by atoms with Crippen molar-refractivity contribution >= 4 is 17.3 Å². The summed E-state index contributed by atoms with van der Waals surface area (Å²) in [6.45, 7) is 3.26. The Morgan fingerprint density at radius 2 is 2.18 bits per heavy atom. The first-order valence-corrected chi connectivity index (χ1v) is 7.10. The summed E-state index contributed by atoms with van der Waals surface area (Å²) >= 11 is 5.97. The monoisotopic (exact) mass is 249 g/mol. The maximum absolute atomic E-state index is 5.97. The van der Waals surface area contributed by atoms with Crippen LogP contribution in [0.2, 0.25) is 5.02 Å². The van der Waals surface area contributed by atoms with Crippen molar-refractivity contribution in [1.82, 2.24) is 0 Å². The lowest BCUT2D eigenvalue weighted by atomic mass is 9.89. The predicted octanol–water partition coefficient (Wildman–Crippen LogP) is 4.50. The molecule has 2 heteroatoms. The Morgan fingerprint density at radius 1 is 1.29 bits per heavy atom. The van der Waals surface area contributed by atoms with E-state index in [-0.39, 0.29) is 0 Å². The number of aryl methyl sites for hydroxylation is 1. The maximum Gasteiger partial charge on any atom is 0.0410 e. The number of hydrogen-bond acceptors (Lipinski definition) is 1. The quantitative estimate of drug-likeness (QED) is 0.832. The largest absolute Gasteiger partial charge is 0.385 e. The first-order valence-electron chi connectivity index (χ1n) is 6.72. The molecule has 0 radical (unpaired) electrons. The Kier molecular flexibility index (Phi) is 3.04. The van der Waals surface area contributed by atoms with Gasteiger partial charge in [0.15, 0.2) is 0 Å². The SMILES string of the molecule is Cc1cc(Cl)ccc1NCC1CC2CCC1C2. The van der Waals surface area contributed by atoms with Crippen LogP contribution in [0.3, 0.4) is 0 Å². The smallest absolute Gasteiger partial charge is 0.0410 e. The zero-order chi connectivity index (χ0) is 11.8. The van der Waals surface area contributed by atoms with Crippen molar-refractivity contribution in [2.75, 3.05) is 11.9 Å². The molecule has 3 rings (SSSR count). The van der Waals surface area contributed by atoms with E-state index < -0.39 is 0 Å². The summed E-state index contributed by atoms with van der Waals surface area (Å²) in [6.07, 6.45) is 5.90. The van der Waals surface area contributed by atoms with E-state index in [2.05, 4.69) is 18.3 Å². The maximum atomic E-state index is 5.97. The Labute approximate surface area is 109 Å². The van der Waals surface area contributed by atoms with E-state index in [9.17, 15) is 0 Å². The summed E-state index contributed by atoms with van der Waals surface area (Å²) in [5.41, 5.74) is 2.50. The average molecular weight is 250 g/mol. The van der Waals surface area contributed by atoms with Crippen LogP contribution >= 0.6 is 11.6 Å². The zero-order valence-corrected chi connectivity index (χ0v) is 11.1. The molecule has 1 N–H and O–H groups in total. The van der Waals surface area contributed by atoms with Crippen molar-refractivity contribution in [1.29, 1.82) is 0 Å². The van der Waals surface area contributed by atoms with Gasteiger partial charge in [-0.05, 0) is 67.7 Å². The highest BCUT2D eigenvalue weighted by molar-refractivity contribution is 6.30. The molecule has 0 spiro atoms. The van der Waals surface area contributed by atoms with Crippen LogP contribution in [0.1, 0.15) is 31.2 Å². The molecule has 2 saturated carbocycles. The van der Waals surface area contributed by atoms with E-state index in [0.29, 0.717) is 0 Å². The number of halogens is 1. The van der Waals surface area contributed by atoms with Gasteiger partial charge in [0, 0.05) is 17.3 Å². The van der Waals surface area contributed by atoms with Gasteiger partial charge in [0.25, 0.3) is 0 Å². The number of nitrogens with one attached hydrogen (secondary N) is 1. The van der Waals surface area contributed by atoms with Crippen LogP contribution in [0.5, 0.6) is 0 Å². The van der Waals surface area contributed by atoms with Gasteiger partial charge in [-0.3, -0.25) is 0 Å². The van der Waals surface area contributed by atoms with E-state index in [0.717, 1.165) is 29.3 Å². The van der Waals surface area contributed by atoms with E-state index in [4.69, 9.17) is 11.6 Å². The Morgan fingerprint density at radius 3 is 2.82 bits per heavy atom. The molecule has 3 unspecified atom stereocenters. The summed E-state index contributed by atoms with van der Waals surface area (Å²) in [5, 5.41) is 4.44. The Hall–Kier alpha value is -0.690. The number of hydrogen-bond donors (Lipinski definition) is 1. The van der Waals surface area contributed by atoms with Gasteiger partial charge < -0.3 is 5.32 Å². The fraction of sp³-hybridized carbons (Fsp3) is 0.600. The summed E-state index contributed by atoms with van der Waals surface area (Å²) < 4.78 is 0. The molecule has 2 bridgehead atoms.